The van der Waals surface area contributed by atoms with Gasteiger partial charge in [-0.25, -0.2) is 0 Å². The molecular weight excluding hydrogens is 282 g/mol. The highest BCUT2D eigenvalue weighted by Crippen LogP contribution is 2.25. The molecule has 1 aliphatic rings. The first-order valence-corrected chi connectivity index (χ1v) is 8.92. The average molecular weight is 311 g/mol. The molecule has 0 spiro atoms. The summed E-state index contributed by atoms with van der Waals surface area (Å²) in [7, 11) is 2.25. The zero-order valence-corrected chi connectivity index (χ0v) is 14.7. The van der Waals surface area contributed by atoms with Gasteiger partial charge in [-0.3, -0.25) is 4.98 Å². The van der Waals surface area contributed by atoms with Crippen molar-refractivity contribution in [2.75, 3.05) is 31.6 Å². The molecular formula is C20H29N3. The highest BCUT2D eigenvalue weighted by molar-refractivity contribution is 5.85. The highest BCUT2D eigenvalue weighted by Gasteiger charge is 2.22. The number of fused-ring (bicyclic) bond motifs is 1. The number of pyridine rings is 1. The standard InChI is InChI=1S/C20H29N3/c1-16(2)7-11-23-12-8-19(9-13-23)22(3)20-5-4-18-15-21-10-6-17(18)14-20/h4-6,10,14-16,19H,7-9,11-13H2,1-3H3. The number of aromatic nitrogens is 1. The second-order valence-electron chi connectivity index (χ2n) is 7.27. The molecule has 23 heavy (non-hydrogen) atoms. The summed E-state index contributed by atoms with van der Waals surface area (Å²) in [6.45, 7) is 8.36. The van der Waals surface area contributed by atoms with E-state index in [-0.39, 0.29) is 0 Å². The fourth-order valence-electron chi connectivity index (χ4n) is 3.47. The lowest BCUT2D eigenvalue weighted by molar-refractivity contribution is 0.201. The Morgan fingerprint density at radius 2 is 1.96 bits per heavy atom. The van der Waals surface area contributed by atoms with Crippen LogP contribution in [-0.4, -0.2) is 42.6 Å². The number of anilines is 1. The molecule has 2 heterocycles. The number of rotatable bonds is 5. The van der Waals surface area contributed by atoms with Crippen LogP contribution in [0.15, 0.2) is 36.7 Å². The van der Waals surface area contributed by atoms with Crippen LogP contribution in [0.4, 0.5) is 5.69 Å². The first kappa shape index (κ1) is 16.3. The maximum absolute atomic E-state index is 4.20. The molecule has 2 aromatic rings. The van der Waals surface area contributed by atoms with Crippen molar-refractivity contribution in [3.8, 4) is 0 Å². The maximum atomic E-state index is 4.20. The van der Waals surface area contributed by atoms with E-state index in [1.165, 1.54) is 55.4 Å². The Bertz CT molecular complexity index is 630. The Morgan fingerprint density at radius 3 is 2.70 bits per heavy atom. The summed E-state index contributed by atoms with van der Waals surface area (Å²) in [5.41, 5.74) is 1.32. The number of hydrogen-bond acceptors (Lipinski definition) is 3. The monoisotopic (exact) mass is 311 g/mol. The largest absolute Gasteiger partial charge is 0.371 e. The molecule has 0 unspecified atom stereocenters. The molecule has 1 aliphatic heterocycles. The normalized spacial score (nSPS) is 17.0. The van der Waals surface area contributed by atoms with Crippen molar-refractivity contribution < 1.29 is 0 Å². The number of nitrogens with zero attached hydrogens (tertiary/aromatic N) is 3. The van der Waals surface area contributed by atoms with Crippen LogP contribution < -0.4 is 4.90 Å². The van der Waals surface area contributed by atoms with E-state index in [0.717, 1.165) is 5.92 Å². The minimum atomic E-state index is 0.657. The van der Waals surface area contributed by atoms with E-state index in [9.17, 15) is 0 Å². The van der Waals surface area contributed by atoms with Crippen LogP contribution in [0.3, 0.4) is 0 Å². The zero-order valence-electron chi connectivity index (χ0n) is 14.7. The molecule has 0 radical (unpaired) electrons. The van der Waals surface area contributed by atoms with Crippen LogP contribution in [0, 0.1) is 5.92 Å². The van der Waals surface area contributed by atoms with Gasteiger partial charge in [0.25, 0.3) is 0 Å². The summed E-state index contributed by atoms with van der Waals surface area (Å²) in [6.07, 6.45) is 7.66. The first-order valence-electron chi connectivity index (χ1n) is 8.92. The van der Waals surface area contributed by atoms with Gasteiger partial charge < -0.3 is 9.80 Å². The van der Waals surface area contributed by atoms with Crippen LogP contribution in [0.1, 0.15) is 33.1 Å². The van der Waals surface area contributed by atoms with E-state index in [1.54, 1.807) is 0 Å². The van der Waals surface area contributed by atoms with Crippen molar-refractivity contribution in [3.05, 3.63) is 36.7 Å². The minimum absolute atomic E-state index is 0.657. The molecule has 3 nitrogen and oxygen atoms in total. The second kappa shape index (κ2) is 7.31. The van der Waals surface area contributed by atoms with Crippen LogP contribution in [0.25, 0.3) is 10.8 Å². The highest BCUT2D eigenvalue weighted by atomic mass is 15.2. The number of benzene rings is 1. The molecule has 124 valence electrons. The smallest absolute Gasteiger partial charge is 0.0372 e. The lowest BCUT2D eigenvalue weighted by Gasteiger charge is -2.38. The summed E-state index contributed by atoms with van der Waals surface area (Å²) in [4.78, 5) is 9.30. The van der Waals surface area contributed by atoms with Gasteiger partial charge in [-0.2, -0.15) is 0 Å². The predicted molar refractivity (Wildman–Crippen MR) is 99.1 cm³/mol. The molecule has 0 bridgehead atoms. The van der Waals surface area contributed by atoms with Gasteiger partial charge in [0.15, 0.2) is 0 Å². The van der Waals surface area contributed by atoms with Gasteiger partial charge in [-0.15, -0.1) is 0 Å². The van der Waals surface area contributed by atoms with E-state index in [2.05, 4.69) is 59.9 Å². The molecule has 0 amide bonds. The fraction of sp³-hybridized carbons (Fsp3) is 0.550. The minimum Gasteiger partial charge on any atom is -0.371 e. The van der Waals surface area contributed by atoms with Crippen LogP contribution in [-0.2, 0) is 0 Å². The molecule has 0 saturated carbocycles. The Kier molecular flexibility index (Phi) is 5.16. The van der Waals surface area contributed by atoms with Crippen molar-refractivity contribution in [1.29, 1.82) is 0 Å². The van der Waals surface area contributed by atoms with Crippen molar-refractivity contribution in [2.45, 2.75) is 39.2 Å². The van der Waals surface area contributed by atoms with E-state index in [1.807, 2.05) is 12.4 Å². The topological polar surface area (TPSA) is 19.4 Å². The van der Waals surface area contributed by atoms with Gasteiger partial charge in [0.05, 0.1) is 0 Å². The molecule has 0 N–H and O–H groups in total. The Balaban J connectivity index is 1.61. The van der Waals surface area contributed by atoms with Crippen molar-refractivity contribution in [2.24, 2.45) is 5.92 Å². The molecule has 1 fully saturated rings. The van der Waals surface area contributed by atoms with Gasteiger partial charge in [-0.1, -0.05) is 19.9 Å². The van der Waals surface area contributed by atoms with E-state index in [4.69, 9.17) is 0 Å². The summed E-state index contributed by atoms with van der Waals surface area (Å²) in [5, 5.41) is 2.49. The fourth-order valence-corrected chi connectivity index (χ4v) is 3.47. The quantitative estimate of drug-likeness (QED) is 0.825. The lowest BCUT2D eigenvalue weighted by Crippen LogP contribution is -2.43. The van der Waals surface area contributed by atoms with Crippen LogP contribution in [0.5, 0.6) is 0 Å². The summed E-state index contributed by atoms with van der Waals surface area (Å²) in [6, 6.07) is 9.47. The van der Waals surface area contributed by atoms with Crippen molar-refractivity contribution in [1.82, 2.24) is 9.88 Å². The zero-order chi connectivity index (χ0) is 16.2. The van der Waals surface area contributed by atoms with Gasteiger partial charge in [-0.05, 0) is 55.3 Å². The summed E-state index contributed by atoms with van der Waals surface area (Å²) >= 11 is 0. The number of hydrogen-bond donors (Lipinski definition) is 0. The molecule has 1 saturated heterocycles. The summed E-state index contributed by atoms with van der Waals surface area (Å²) < 4.78 is 0. The third kappa shape index (κ3) is 4.03. The molecule has 0 aliphatic carbocycles. The lowest BCUT2D eigenvalue weighted by atomic mass is 10.0. The Hall–Kier alpha value is -1.61. The average Bonchev–Trinajstić information content (AvgIpc) is 2.59. The van der Waals surface area contributed by atoms with Crippen LogP contribution >= 0.6 is 0 Å². The van der Waals surface area contributed by atoms with Crippen molar-refractivity contribution >= 4 is 16.5 Å². The molecule has 1 aromatic carbocycles. The van der Waals surface area contributed by atoms with Crippen LogP contribution in [0.2, 0.25) is 0 Å². The van der Waals surface area contributed by atoms with Gasteiger partial charge >= 0.3 is 0 Å². The van der Waals surface area contributed by atoms with Gasteiger partial charge in [0, 0.05) is 49.6 Å². The first-order chi connectivity index (χ1) is 11.1. The second-order valence-corrected chi connectivity index (χ2v) is 7.27. The SMILES string of the molecule is CC(C)CCN1CCC(N(C)c2ccc3cnccc3c2)CC1. The third-order valence-corrected chi connectivity index (χ3v) is 5.16. The maximum Gasteiger partial charge on any atom is 0.0372 e. The molecule has 1 aromatic heterocycles. The van der Waals surface area contributed by atoms with E-state index < -0.39 is 0 Å². The van der Waals surface area contributed by atoms with E-state index >= 15 is 0 Å². The Morgan fingerprint density at radius 1 is 1.17 bits per heavy atom. The molecule has 0 atom stereocenters. The Labute approximate surface area is 140 Å². The number of piperidine rings is 1. The summed E-state index contributed by atoms with van der Waals surface area (Å²) in [5.74, 6) is 0.808. The molecule has 3 rings (SSSR count). The molecule has 3 heteroatoms. The van der Waals surface area contributed by atoms with E-state index in [0.29, 0.717) is 6.04 Å². The van der Waals surface area contributed by atoms with Crippen molar-refractivity contribution in [3.63, 3.8) is 0 Å². The number of likely N-dealkylation sites (tertiary alicyclic amines) is 1. The third-order valence-electron chi connectivity index (χ3n) is 5.16. The van der Waals surface area contributed by atoms with Gasteiger partial charge in [0.2, 0.25) is 0 Å². The predicted octanol–water partition coefficient (Wildman–Crippen LogP) is 4.18. The van der Waals surface area contributed by atoms with Gasteiger partial charge in [0.1, 0.15) is 0 Å².